The lowest BCUT2D eigenvalue weighted by atomic mass is 9.75. The smallest absolute Gasteiger partial charge is 0.410 e. The molecule has 3 N–H and O–H groups in total. The van der Waals surface area contributed by atoms with Gasteiger partial charge in [-0.2, -0.15) is 0 Å². The Hall–Kier alpha value is -0.850. The Morgan fingerprint density at radius 3 is 2.57 bits per heavy atom. The average molecular weight is 300 g/mol. The van der Waals surface area contributed by atoms with Crippen LogP contribution < -0.4 is 5.73 Å². The first-order valence-corrected chi connectivity index (χ1v) is 7.76. The summed E-state index contributed by atoms with van der Waals surface area (Å²) in [5.41, 5.74) is 5.52. The number of carbonyl (C=O) groups excluding carboxylic acids is 1. The van der Waals surface area contributed by atoms with Crippen LogP contribution in [0.15, 0.2) is 0 Å². The fraction of sp³-hybridized carbons (Fsp3) is 0.933. The summed E-state index contributed by atoms with van der Waals surface area (Å²) in [5, 5.41) is 9.68. The van der Waals surface area contributed by atoms with E-state index >= 15 is 0 Å². The van der Waals surface area contributed by atoms with Gasteiger partial charge in [0.25, 0.3) is 0 Å². The molecule has 6 heteroatoms. The van der Waals surface area contributed by atoms with Crippen LogP contribution >= 0.6 is 0 Å². The van der Waals surface area contributed by atoms with E-state index in [4.69, 9.17) is 15.2 Å². The minimum atomic E-state index is -0.523. The van der Waals surface area contributed by atoms with E-state index in [1.165, 1.54) is 0 Å². The molecule has 1 aliphatic heterocycles. The number of amides is 1. The van der Waals surface area contributed by atoms with E-state index in [9.17, 15) is 9.90 Å². The number of aliphatic hydroxyl groups is 1. The fourth-order valence-corrected chi connectivity index (χ4v) is 3.09. The SMILES string of the molecule is CC(C)(C)OC(=O)N1CCOCC1C1(N)CCC(O)CC1. The van der Waals surface area contributed by atoms with Crippen molar-refractivity contribution in [1.29, 1.82) is 0 Å². The van der Waals surface area contributed by atoms with Crippen LogP contribution in [-0.4, -0.2) is 59.1 Å². The molecule has 2 fully saturated rings. The Morgan fingerprint density at radius 2 is 2.00 bits per heavy atom. The third kappa shape index (κ3) is 4.08. The Labute approximate surface area is 126 Å². The summed E-state index contributed by atoms with van der Waals surface area (Å²) in [6.45, 7) is 7.02. The zero-order chi connectivity index (χ0) is 15.7. The Kier molecular flexibility index (Phi) is 4.80. The molecule has 1 amide bonds. The van der Waals surface area contributed by atoms with Crippen molar-refractivity contribution in [2.75, 3.05) is 19.8 Å². The number of nitrogens with two attached hydrogens (primary N) is 1. The van der Waals surface area contributed by atoms with E-state index in [0.29, 0.717) is 45.4 Å². The van der Waals surface area contributed by atoms with Crippen molar-refractivity contribution in [3.8, 4) is 0 Å². The molecular formula is C15H28N2O4. The molecule has 6 nitrogen and oxygen atoms in total. The van der Waals surface area contributed by atoms with Gasteiger partial charge in [-0.1, -0.05) is 0 Å². The molecule has 122 valence electrons. The third-order valence-electron chi connectivity index (χ3n) is 4.31. The van der Waals surface area contributed by atoms with Crippen LogP contribution in [0.25, 0.3) is 0 Å². The fourth-order valence-electron chi connectivity index (χ4n) is 3.09. The summed E-state index contributed by atoms with van der Waals surface area (Å²) in [6, 6.07) is -0.186. The molecule has 0 aromatic carbocycles. The number of hydrogen-bond acceptors (Lipinski definition) is 5. The van der Waals surface area contributed by atoms with Gasteiger partial charge in [0, 0.05) is 12.1 Å². The normalized spacial score (nSPS) is 34.6. The van der Waals surface area contributed by atoms with Crippen molar-refractivity contribution in [3.05, 3.63) is 0 Å². The largest absolute Gasteiger partial charge is 0.444 e. The zero-order valence-electron chi connectivity index (χ0n) is 13.3. The number of hydrogen-bond donors (Lipinski definition) is 2. The summed E-state index contributed by atoms with van der Waals surface area (Å²) < 4.78 is 11.0. The second kappa shape index (κ2) is 6.10. The van der Waals surface area contributed by atoms with E-state index in [0.717, 1.165) is 0 Å². The molecular weight excluding hydrogens is 272 g/mol. The summed E-state index contributed by atoms with van der Waals surface area (Å²) in [5.74, 6) is 0. The molecule has 21 heavy (non-hydrogen) atoms. The number of rotatable bonds is 1. The van der Waals surface area contributed by atoms with E-state index in [1.807, 2.05) is 20.8 Å². The highest BCUT2D eigenvalue weighted by Crippen LogP contribution is 2.33. The number of nitrogens with zero attached hydrogens (tertiary/aromatic N) is 1. The molecule has 1 heterocycles. The lowest BCUT2D eigenvalue weighted by Crippen LogP contribution is -2.65. The predicted molar refractivity (Wildman–Crippen MR) is 78.9 cm³/mol. The van der Waals surface area contributed by atoms with Gasteiger partial charge in [0.1, 0.15) is 5.60 Å². The molecule has 2 aliphatic rings. The van der Waals surface area contributed by atoms with Crippen molar-refractivity contribution in [3.63, 3.8) is 0 Å². The highest BCUT2D eigenvalue weighted by atomic mass is 16.6. The topological polar surface area (TPSA) is 85.0 Å². The van der Waals surface area contributed by atoms with E-state index in [2.05, 4.69) is 0 Å². The first-order chi connectivity index (χ1) is 9.71. The Bertz CT molecular complexity index is 372. The first-order valence-electron chi connectivity index (χ1n) is 7.76. The highest BCUT2D eigenvalue weighted by molar-refractivity contribution is 5.69. The maximum absolute atomic E-state index is 12.4. The maximum Gasteiger partial charge on any atom is 0.410 e. The van der Waals surface area contributed by atoms with Gasteiger partial charge in [-0.3, -0.25) is 4.90 Å². The van der Waals surface area contributed by atoms with Gasteiger partial charge < -0.3 is 20.3 Å². The standard InChI is InChI=1S/C15H28N2O4/c1-14(2,3)21-13(19)17-8-9-20-10-12(17)15(16)6-4-11(18)5-7-15/h11-12,18H,4-10,16H2,1-3H3. The van der Waals surface area contributed by atoms with Crippen molar-refractivity contribution in [2.45, 2.75) is 69.7 Å². The second-order valence-corrected chi connectivity index (χ2v) is 7.23. The van der Waals surface area contributed by atoms with Crippen molar-refractivity contribution < 1.29 is 19.4 Å². The highest BCUT2D eigenvalue weighted by Gasteiger charge is 2.45. The summed E-state index contributed by atoms with van der Waals surface area (Å²) in [4.78, 5) is 14.1. The molecule has 0 bridgehead atoms. The molecule has 0 aromatic heterocycles. The van der Waals surface area contributed by atoms with Crippen molar-refractivity contribution in [2.24, 2.45) is 5.73 Å². The molecule has 0 spiro atoms. The summed E-state index contributed by atoms with van der Waals surface area (Å²) in [6.07, 6.45) is 2.14. The quantitative estimate of drug-likeness (QED) is 0.761. The summed E-state index contributed by atoms with van der Waals surface area (Å²) >= 11 is 0. The molecule has 1 saturated heterocycles. The number of morpholine rings is 1. The number of aliphatic hydroxyl groups excluding tert-OH is 1. The van der Waals surface area contributed by atoms with E-state index < -0.39 is 11.1 Å². The van der Waals surface area contributed by atoms with Gasteiger partial charge in [0.05, 0.1) is 25.4 Å². The zero-order valence-corrected chi connectivity index (χ0v) is 13.3. The van der Waals surface area contributed by atoms with E-state index in [1.54, 1.807) is 4.90 Å². The van der Waals surface area contributed by atoms with Crippen LogP contribution in [0.4, 0.5) is 4.79 Å². The minimum Gasteiger partial charge on any atom is -0.444 e. The molecule has 1 aliphatic carbocycles. The van der Waals surface area contributed by atoms with Crippen LogP contribution in [0.3, 0.4) is 0 Å². The Balaban J connectivity index is 2.10. The number of ether oxygens (including phenoxy) is 2. The van der Waals surface area contributed by atoms with Gasteiger partial charge >= 0.3 is 6.09 Å². The molecule has 1 saturated carbocycles. The lowest BCUT2D eigenvalue weighted by Gasteiger charge is -2.48. The monoisotopic (exact) mass is 300 g/mol. The lowest BCUT2D eigenvalue weighted by molar-refractivity contribution is -0.0623. The molecule has 1 atom stereocenters. The molecule has 2 rings (SSSR count). The van der Waals surface area contributed by atoms with Crippen LogP contribution in [0.1, 0.15) is 46.5 Å². The van der Waals surface area contributed by atoms with Gasteiger partial charge in [-0.05, 0) is 46.5 Å². The van der Waals surface area contributed by atoms with E-state index in [-0.39, 0.29) is 18.2 Å². The first kappa shape index (κ1) is 16.5. The van der Waals surface area contributed by atoms with Crippen LogP contribution in [0, 0.1) is 0 Å². The second-order valence-electron chi connectivity index (χ2n) is 7.23. The van der Waals surface area contributed by atoms with Gasteiger partial charge in [-0.25, -0.2) is 4.79 Å². The summed E-state index contributed by atoms with van der Waals surface area (Å²) in [7, 11) is 0. The molecule has 0 radical (unpaired) electrons. The van der Waals surface area contributed by atoms with Crippen molar-refractivity contribution in [1.82, 2.24) is 4.90 Å². The van der Waals surface area contributed by atoms with Crippen LogP contribution in [0.2, 0.25) is 0 Å². The average Bonchev–Trinajstić information content (AvgIpc) is 2.40. The van der Waals surface area contributed by atoms with Crippen LogP contribution in [-0.2, 0) is 9.47 Å². The maximum atomic E-state index is 12.4. The molecule has 1 unspecified atom stereocenters. The third-order valence-corrected chi connectivity index (χ3v) is 4.31. The van der Waals surface area contributed by atoms with Crippen molar-refractivity contribution >= 4 is 6.09 Å². The van der Waals surface area contributed by atoms with Gasteiger partial charge in [0.15, 0.2) is 0 Å². The van der Waals surface area contributed by atoms with Crippen LogP contribution in [0.5, 0.6) is 0 Å². The molecule has 0 aromatic rings. The predicted octanol–water partition coefficient (Wildman–Crippen LogP) is 1.25. The van der Waals surface area contributed by atoms with Gasteiger partial charge in [-0.15, -0.1) is 0 Å². The minimum absolute atomic E-state index is 0.186. The Morgan fingerprint density at radius 1 is 1.38 bits per heavy atom. The van der Waals surface area contributed by atoms with Gasteiger partial charge in [0.2, 0.25) is 0 Å². The number of carbonyl (C=O) groups is 1.